The molecule has 0 unspecified atom stereocenters. The summed E-state index contributed by atoms with van der Waals surface area (Å²) in [5, 5.41) is 17.2. The van der Waals surface area contributed by atoms with Crippen LogP contribution in [0, 0.1) is 10.1 Å². The van der Waals surface area contributed by atoms with Gasteiger partial charge in [0, 0.05) is 51.7 Å². The van der Waals surface area contributed by atoms with Gasteiger partial charge in [-0.05, 0) is 29.8 Å². The molecule has 0 bridgehead atoms. The van der Waals surface area contributed by atoms with Crippen LogP contribution < -0.4 is 5.56 Å². The summed E-state index contributed by atoms with van der Waals surface area (Å²) in [7, 11) is 0. The molecule has 3 aromatic carbocycles. The van der Waals surface area contributed by atoms with Crippen LogP contribution in [0.3, 0.4) is 0 Å². The van der Waals surface area contributed by atoms with Crippen LogP contribution in [0.25, 0.3) is 21.8 Å². The van der Waals surface area contributed by atoms with E-state index in [2.05, 4.69) is 21.0 Å². The Hall–Kier alpha value is -4.11. The summed E-state index contributed by atoms with van der Waals surface area (Å²) < 4.78 is 4.19. The highest BCUT2D eigenvalue weighted by Crippen LogP contribution is 2.23. The maximum absolute atomic E-state index is 13.4. The van der Waals surface area contributed by atoms with Gasteiger partial charge in [0.2, 0.25) is 0 Å². The van der Waals surface area contributed by atoms with Crippen molar-refractivity contribution >= 4 is 49.6 Å². The van der Waals surface area contributed by atoms with Gasteiger partial charge >= 0.3 is 0 Å². The van der Waals surface area contributed by atoms with E-state index in [1.807, 2.05) is 67.1 Å². The minimum absolute atomic E-state index is 0.0156. The van der Waals surface area contributed by atoms with E-state index in [1.54, 1.807) is 24.4 Å². The molecular weight excluding hydrogens is 522 g/mol. The fourth-order valence-electron chi connectivity index (χ4n) is 4.25. The molecule has 2 aromatic heterocycles. The first-order valence-corrected chi connectivity index (χ1v) is 12.2. The zero-order chi connectivity index (χ0) is 25.4. The Balaban J connectivity index is 1.60. The molecule has 0 atom stereocenters. The van der Waals surface area contributed by atoms with Crippen molar-refractivity contribution in [2.75, 3.05) is 0 Å². The first-order valence-electron chi connectivity index (χ1n) is 11.4. The van der Waals surface area contributed by atoms with Gasteiger partial charge in [0.1, 0.15) is 5.82 Å². The van der Waals surface area contributed by atoms with Gasteiger partial charge in [-0.3, -0.25) is 14.9 Å². The molecule has 2 heterocycles. The lowest BCUT2D eigenvalue weighted by Gasteiger charge is -2.11. The average Bonchev–Trinajstić information content (AvgIpc) is 3.21. The SMILES string of the molecule is CC(C)c1nc2ccc(Br)cc2c(=O)n1N=Cc1cn(Cc2cccc([N+](=O)[O-])c2)c2ccccc12. The highest BCUT2D eigenvalue weighted by Gasteiger charge is 2.15. The lowest BCUT2D eigenvalue weighted by atomic mass is 10.2. The van der Waals surface area contributed by atoms with Gasteiger partial charge < -0.3 is 4.57 Å². The van der Waals surface area contributed by atoms with Gasteiger partial charge in [0.15, 0.2) is 0 Å². The van der Waals surface area contributed by atoms with Crippen molar-refractivity contribution in [3.8, 4) is 0 Å². The quantitative estimate of drug-likeness (QED) is 0.147. The lowest BCUT2D eigenvalue weighted by molar-refractivity contribution is -0.384. The number of nitrogens with zero attached hydrogens (tertiary/aromatic N) is 5. The van der Waals surface area contributed by atoms with E-state index >= 15 is 0 Å². The van der Waals surface area contributed by atoms with Crippen LogP contribution in [0.4, 0.5) is 5.69 Å². The van der Waals surface area contributed by atoms with Crippen molar-refractivity contribution in [3.05, 3.63) is 115 Å². The molecule has 0 N–H and O–H groups in total. The Morgan fingerprint density at radius 3 is 2.67 bits per heavy atom. The second kappa shape index (κ2) is 9.50. The van der Waals surface area contributed by atoms with Gasteiger partial charge in [-0.25, -0.2) is 4.98 Å². The van der Waals surface area contributed by atoms with Crippen molar-refractivity contribution in [2.45, 2.75) is 26.3 Å². The summed E-state index contributed by atoms with van der Waals surface area (Å²) in [6.45, 7) is 4.41. The summed E-state index contributed by atoms with van der Waals surface area (Å²) in [6, 6.07) is 19.9. The number of para-hydroxylation sites is 1. The first-order chi connectivity index (χ1) is 17.3. The number of hydrogen-bond acceptors (Lipinski definition) is 5. The highest BCUT2D eigenvalue weighted by atomic mass is 79.9. The summed E-state index contributed by atoms with van der Waals surface area (Å²) in [5.41, 5.74) is 3.06. The molecule has 5 rings (SSSR count). The third-order valence-corrected chi connectivity index (χ3v) is 6.45. The van der Waals surface area contributed by atoms with E-state index in [1.165, 1.54) is 10.7 Å². The van der Waals surface area contributed by atoms with Crippen molar-refractivity contribution in [1.82, 2.24) is 14.2 Å². The molecule has 36 heavy (non-hydrogen) atoms. The van der Waals surface area contributed by atoms with E-state index in [-0.39, 0.29) is 17.2 Å². The van der Waals surface area contributed by atoms with Gasteiger partial charge in [-0.1, -0.05) is 60.1 Å². The highest BCUT2D eigenvalue weighted by molar-refractivity contribution is 9.10. The molecule has 0 aliphatic carbocycles. The maximum atomic E-state index is 13.4. The minimum atomic E-state index is -0.393. The van der Waals surface area contributed by atoms with Crippen molar-refractivity contribution in [3.63, 3.8) is 0 Å². The molecule has 0 aliphatic heterocycles. The average molecular weight is 544 g/mol. The molecule has 8 nitrogen and oxygen atoms in total. The van der Waals surface area contributed by atoms with Crippen molar-refractivity contribution < 1.29 is 4.92 Å². The summed E-state index contributed by atoms with van der Waals surface area (Å²) in [5.74, 6) is 0.560. The monoisotopic (exact) mass is 543 g/mol. The predicted molar refractivity (Wildman–Crippen MR) is 145 cm³/mol. The van der Waals surface area contributed by atoms with Crippen LogP contribution >= 0.6 is 15.9 Å². The number of fused-ring (bicyclic) bond motifs is 2. The molecule has 0 radical (unpaired) electrons. The number of aromatic nitrogens is 3. The van der Waals surface area contributed by atoms with Crippen LogP contribution in [0.1, 0.15) is 36.7 Å². The fourth-order valence-corrected chi connectivity index (χ4v) is 4.61. The normalized spacial score (nSPS) is 11.8. The molecule has 0 spiro atoms. The number of nitro benzene ring substituents is 1. The van der Waals surface area contributed by atoms with Crippen LogP contribution in [0.2, 0.25) is 0 Å². The smallest absolute Gasteiger partial charge is 0.282 e. The molecule has 0 fully saturated rings. The number of halogens is 1. The topological polar surface area (TPSA) is 95.3 Å². The fraction of sp³-hybridized carbons (Fsp3) is 0.148. The van der Waals surface area contributed by atoms with E-state index in [9.17, 15) is 14.9 Å². The lowest BCUT2D eigenvalue weighted by Crippen LogP contribution is -2.23. The number of hydrogen-bond donors (Lipinski definition) is 0. The second-order valence-corrected chi connectivity index (χ2v) is 9.72. The number of nitro groups is 1. The molecule has 180 valence electrons. The van der Waals surface area contributed by atoms with Crippen molar-refractivity contribution in [1.29, 1.82) is 0 Å². The summed E-state index contributed by atoms with van der Waals surface area (Å²) >= 11 is 3.43. The van der Waals surface area contributed by atoms with E-state index in [0.717, 1.165) is 26.5 Å². The van der Waals surface area contributed by atoms with E-state index < -0.39 is 4.92 Å². The number of rotatable bonds is 6. The molecular formula is C27H22BrN5O3. The summed E-state index contributed by atoms with van der Waals surface area (Å²) in [4.78, 5) is 28.9. The van der Waals surface area contributed by atoms with Crippen molar-refractivity contribution in [2.24, 2.45) is 5.10 Å². The van der Waals surface area contributed by atoms with Crippen LogP contribution in [0.5, 0.6) is 0 Å². The van der Waals surface area contributed by atoms with Gasteiger partial charge in [0.05, 0.1) is 22.0 Å². The number of non-ortho nitro benzene ring substituents is 1. The van der Waals surface area contributed by atoms with Crippen LogP contribution in [-0.2, 0) is 6.54 Å². The predicted octanol–water partition coefficient (Wildman–Crippen LogP) is 6.08. The second-order valence-electron chi connectivity index (χ2n) is 8.80. The molecule has 9 heteroatoms. The third kappa shape index (κ3) is 4.45. The molecule has 5 aromatic rings. The van der Waals surface area contributed by atoms with Gasteiger partial charge in [-0.2, -0.15) is 9.78 Å². The maximum Gasteiger partial charge on any atom is 0.282 e. The Morgan fingerprint density at radius 1 is 1.08 bits per heavy atom. The Bertz CT molecular complexity index is 1720. The zero-order valence-corrected chi connectivity index (χ0v) is 21.2. The Kier molecular flexibility index (Phi) is 6.24. The van der Waals surface area contributed by atoms with E-state index in [4.69, 9.17) is 4.98 Å². The van der Waals surface area contributed by atoms with E-state index in [0.29, 0.717) is 23.3 Å². The van der Waals surface area contributed by atoms with Gasteiger partial charge in [0.25, 0.3) is 11.2 Å². The van der Waals surface area contributed by atoms with Crippen LogP contribution in [-0.4, -0.2) is 25.4 Å². The molecule has 0 aliphatic rings. The Morgan fingerprint density at radius 2 is 1.89 bits per heavy atom. The van der Waals surface area contributed by atoms with Crippen LogP contribution in [0.15, 0.2) is 87.3 Å². The molecule has 0 saturated heterocycles. The third-order valence-electron chi connectivity index (χ3n) is 5.96. The summed E-state index contributed by atoms with van der Waals surface area (Å²) in [6.07, 6.45) is 3.61. The number of benzene rings is 3. The molecule has 0 amide bonds. The standard InChI is InChI=1S/C27H22BrN5O3/c1-17(2)26-30-24-11-10-20(28)13-23(24)27(34)32(26)29-14-19-16-31(25-9-4-3-8-22(19)25)15-18-6-5-7-21(12-18)33(35)36/h3-14,16-17H,15H2,1-2H3. The van der Waals surface area contributed by atoms with Gasteiger partial charge in [-0.15, -0.1) is 0 Å². The zero-order valence-electron chi connectivity index (χ0n) is 19.6. The molecule has 0 saturated carbocycles. The largest absolute Gasteiger partial charge is 0.342 e. The Labute approximate surface area is 214 Å². The first kappa shape index (κ1) is 23.6. The minimum Gasteiger partial charge on any atom is -0.342 e.